The van der Waals surface area contributed by atoms with Gasteiger partial charge in [0.05, 0.1) is 24.9 Å². The van der Waals surface area contributed by atoms with Gasteiger partial charge in [0.1, 0.15) is 42.7 Å². The minimum Gasteiger partial charge on any atom is -0.479 e. The number of aliphatic hydroxyl groups is 5. The molecule has 2 saturated heterocycles. The van der Waals surface area contributed by atoms with E-state index in [2.05, 4.69) is 5.32 Å². The van der Waals surface area contributed by atoms with E-state index in [1.165, 1.54) is 6.92 Å². The number of hydrogen-bond donors (Lipinski definition) is 7. The third-order valence-corrected chi connectivity index (χ3v) is 9.92. The molecule has 7 N–H and O–H groups in total. The second-order valence-electron chi connectivity index (χ2n) is 13.2. The lowest BCUT2D eigenvalue weighted by atomic mass is 9.82. The van der Waals surface area contributed by atoms with E-state index in [-0.39, 0.29) is 18.3 Å². The predicted molar refractivity (Wildman–Crippen MR) is 157 cm³/mol. The smallest absolute Gasteiger partial charge is 0.332 e. The molecule has 2 aliphatic carbocycles. The Bertz CT molecular complexity index is 950. The van der Waals surface area contributed by atoms with Gasteiger partial charge in [-0.15, -0.1) is 0 Å². The predicted octanol–water partition coefficient (Wildman–Crippen LogP) is 0.186. The molecule has 2 aliphatic heterocycles. The van der Waals surface area contributed by atoms with E-state index in [1.54, 1.807) is 6.92 Å². The topological polar surface area (TPSA) is 214 Å². The standard InChI is InChI=1S/C31H53NO13/c1-4-18-11-8-12-19(27(18)45-31-26(38)25(37)23(35)15(2)41-31)43-30-22(32-16(3)34)28(24(36)21(14-33)44-30)42-20(29(39)40)13-17-9-6-5-7-10-17/h15,17-28,30-31,33,35-38H,4-14H2,1-3H3,(H,32,34)(H,39,40)/t15-,18?,19+,20-,21?,22?,23-,24-,25?,26-,27+,28?,30+,31?/m0/s1. The number of rotatable bonds is 12. The summed E-state index contributed by atoms with van der Waals surface area (Å²) in [6, 6.07) is -1.13. The third kappa shape index (κ3) is 8.92. The van der Waals surface area contributed by atoms with Crippen LogP contribution in [0.4, 0.5) is 0 Å². The minimum atomic E-state index is -1.52. The number of aliphatic carboxylic acids is 1. The van der Waals surface area contributed by atoms with Crippen LogP contribution in [0.25, 0.3) is 0 Å². The Balaban J connectivity index is 1.57. The lowest BCUT2D eigenvalue weighted by Crippen LogP contribution is -2.67. The molecule has 1 amide bonds. The summed E-state index contributed by atoms with van der Waals surface area (Å²) in [7, 11) is 0. The zero-order valence-electron chi connectivity index (χ0n) is 26.5. The summed E-state index contributed by atoms with van der Waals surface area (Å²) in [6.45, 7) is 4.21. The lowest BCUT2D eigenvalue weighted by Gasteiger charge is -2.48. The van der Waals surface area contributed by atoms with Gasteiger partial charge in [-0.05, 0) is 38.0 Å². The van der Waals surface area contributed by atoms with Crippen molar-refractivity contribution in [3.8, 4) is 0 Å². The summed E-state index contributed by atoms with van der Waals surface area (Å²) in [5.41, 5.74) is 0. The average molecular weight is 648 g/mol. The monoisotopic (exact) mass is 647 g/mol. The van der Waals surface area contributed by atoms with Crippen molar-refractivity contribution in [2.75, 3.05) is 6.61 Å². The molecule has 0 aromatic rings. The van der Waals surface area contributed by atoms with Crippen molar-refractivity contribution in [2.45, 2.75) is 165 Å². The zero-order valence-corrected chi connectivity index (χ0v) is 26.5. The maximum absolute atomic E-state index is 12.4. The van der Waals surface area contributed by atoms with Gasteiger partial charge in [0.2, 0.25) is 5.91 Å². The second kappa shape index (κ2) is 16.6. The lowest BCUT2D eigenvalue weighted by molar-refractivity contribution is -0.337. The molecule has 14 heteroatoms. The van der Waals surface area contributed by atoms with E-state index in [0.29, 0.717) is 12.8 Å². The van der Waals surface area contributed by atoms with Crippen molar-refractivity contribution in [1.29, 1.82) is 0 Å². The van der Waals surface area contributed by atoms with Crippen LogP contribution in [0, 0.1) is 11.8 Å². The maximum Gasteiger partial charge on any atom is 0.332 e. The number of carbonyl (C=O) groups excluding carboxylic acids is 1. The molecule has 4 aliphatic rings. The maximum atomic E-state index is 12.4. The zero-order chi connectivity index (χ0) is 32.8. The van der Waals surface area contributed by atoms with E-state index in [0.717, 1.165) is 44.9 Å². The van der Waals surface area contributed by atoms with Crippen LogP contribution in [-0.4, -0.2) is 129 Å². The fourth-order valence-electron chi connectivity index (χ4n) is 7.31. The summed E-state index contributed by atoms with van der Waals surface area (Å²) < 4.78 is 30.6. The van der Waals surface area contributed by atoms with Crippen LogP contribution in [0.3, 0.4) is 0 Å². The first kappa shape index (κ1) is 36.4. The van der Waals surface area contributed by atoms with Crippen molar-refractivity contribution in [3.05, 3.63) is 0 Å². The van der Waals surface area contributed by atoms with Crippen molar-refractivity contribution in [3.63, 3.8) is 0 Å². The third-order valence-electron chi connectivity index (χ3n) is 9.92. The van der Waals surface area contributed by atoms with Gasteiger partial charge in [0.25, 0.3) is 0 Å². The van der Waals surface area contributed by atoms with Crippen LogP contribution < -0.4 is 5.32 Å². The number of nitrogens with one attached hydrogen (secondary N) is 1. The largest absolute Gasteiger partial charge is 0.479 e. The average Bonchev–Trinajstić information content (AvgIpc) is 3.01. The highest BCUT2D eigenvalue weighted by atomic mass is 16.7. The summed E-state index contributed by atoms with van der Waals surface area (Å²) in [5.74, 6) is -1.55. The number of amides is 1. The number of ether oxygens (including phenoxy) is 5. The van der Waals surface area contributed by atoms with Crippen LogP contribution in [0.2, 0.25) is 0 Å². The van der Waals surface area contributed by atoms with Gasteiger partial charge in [0.15, 0.2) is 18.7 Å². The molecule has 14 nitrogen and oxygen atoms in total. The number of carboxylic acids is 1. The molecule has 260 valence electrons. The van der Waals surface area contributed by atoms with E-state index >= 15 is 0 Å². The quantitative estimate of drug-likeness (QED) is 0.151. The molecular formula is C31H53NO13. The fraction of sp³-hybridized carbons (Fsp3) is 0.935. The van der Waals surface area contributed by atoms with Crippen molar-refractivity contribution >= 4 is 11.9 Å². The van der Waals surface area contributed by atoms with Crippen molar-refractivity contribution in [2.24, 2.45) is 11.8 Å². The second-order valence-corrected chi connectivity index (χ2v) is 13.2. The highest BCUT2D eigenvalue weighted by Crippen LogP contribution is 2.37. The van der Waals surface area contributed by atoms with Gasteiger partial charge in [-0.1, -0.05) is 51.9 Å². The molecule has 6 unspecified atom stereocenters. The Labute approximate surface area is 264 Å². The van der Waals surface area contributed by atoms with E-state index in [1.807, 2.05) is 6.92 Å². The Hall–Kier alpha value is -1.46. The first-order chi connectivity index (χ1) is 21.4. The van der Waals surface area contributed by atoms with Gasteiger partial charge in [-0.2, -0.15) is 0 Å². The molecule has 2 saturated carbocycles. The number of carboxylic acid groups (broad SMARTS) is 1. The normalized spacial score (nSPS) is 42.2. The number of hydrogen-bond acceptors (Lipinski definition) is 12. The van der Waals surface area contributed by atoms with Crippen LogP contribution in [-0.2, 0) is 33.3 Å². The minimum absolute atomic E-state index is 0.0418. The molecule has 2 heterocycles. The number of carbonyl (C=O) groups is 2. The molecule has 0 radical (unpaired) electrons. The van der Waals surface area contributed by atoms with Gasteiger partial charge in [-0.25, -0.2) is 4.79 Å². The first-order valence-electron chi connectivity index (χ1n) is 16.5. The molecule has 4 fully saturated rings. The van der Waals surface area contributed by atoms with Crippen LogP contribution in [0.5, 0.6) is 0 Å². The Morgan fingerprint density at radius 2 is 1.58 bits per heavy atom. The van der Waals surface area contributed by atoms with E-state index in [4.69, 9.17) is 23.7 Å². The molecule has 0 aromatic heterocycles. The molecule has 4 rings (SSSR count). The Kier molecular flexibility index (Phi) is 13.4. The Morgan fingerprint density at radius 3 is 2.20 bits per heavy atom. The van der Waals surface area contributed by atoms with E-state index < -0.39 is 98.1 Å². The van der Waals surface area contributed by atoms with E-state index in [9.17, 15) is 40.2 Å². The molecule has 0 bridgehead atoms. The Morgan fingerprint density at radius 1 is 0.867 bits per heavy atom. The van der Waals surface area contributed by atoms with Gasteiger partial charge in [-0.3, -0.25) is 4.79 Å². The summed E-state index contributed by atoms with van der Waals surface area (Å²) in [5, 5.41) is 65.2. The first-order valence-corrected chi connectivity index (χ1v) is 16.5. The molecule has 0 spiro atoms. The summed E-state index contributed by atoms with van der Waals surface area (Å²) in [4.78, 5) is 24.7. The van der Waals surface area contributed by atoms with Crippen LogP contribution in [0.1, 0.15) is 85.0 Å². The molecule has 0 aromatic carbocycles. The highest BCUT2D eigenvalue weighted by Gasteiger charge is 2.51. The van der Waals surface area contributed by atoms with Gasteiger partial charge < -0.3 is 59.6 Å². The van der Waals surface area contributed by atoms with Crippen molar-refractivity contribution < 1.29 is 63.9 Å². The molecule has 14 atom stereocenters. The SMILES string of the molecule is CCC1CCC[C@@H](O[C@@H]2OC(CO)[C@H](O)C(O[C@@H](CC3CCCCC3)C(=O)O)C2NC(C)=O)[C@@H]1OC1O[C@@H](C)[C@H](O)C(O)[C@@H]1O. The van der Waals surface area contributed by atoms with Crippen LogP contribution >= 0.6 is 0 Å². The number of aliphatic hydroxyl groups excluding tert-OH is 5. The van der Waals surface area contributed by atoms with Gasteiger partial charge in [0, 0.05) is 6.92 Å². The molecule has 45 heavy (non-hydrogen) atoms. The van der Waals surface area contributed by atoms with Gasteiger partial charge >= 0.3 is 5.97 Å². The highest BCUT2D eigenvalue weighted by molar-refractivity contribution is 5.73. The van der Waals surface area contributed by atoms with Crippen molar-refractivity contribution in [1.82, 2.24) is 5.32 Å². The summed E-state index contributed by atoms with van der Waals surface area (Å²) >= 11 is 0. The molecular weight excluding hydrogens is 594 g/mol. The summed E-state index contributed by atoms with van der Waals surface area (Å²) in [6.07, 6.45) is -6.23. The van der Waals surface area contributed by atoms with Crippen LogP contribution in [0.15, 0.2) is 0 Å². The fourth-order valence-corrected chi connectivity index (χ4v) is 7.31.